The molecule has 1 fully saturated rings. The van der Waals surface area contributed by atoms with E-state index in [9.17, 15) is 14.7 Å². The molecule has 1 aliphatic rings. The molecule has 3 rings (SSSR count). The quantitative estimate of drug-likeness (QED) is 0.866. The fraction of sp³-hybridized carbons (Fsp3) is 0.429. The number of anilines is 1. The molecule has 0 atom stereocenters. The minimum Gasteiger partial charge on any atom is -0.389 e. The highest BCUT2D eigenvalue weighted by molar-refractivity contribution is 5.91. The van der Waals surface area contributed by atoms with Gasteiger partial charge in [0.05, 0.1) is 18.6 Å². The largest absolute Gasteiger partial charge is 0.389 e. The van der Waals surface area contributed by atoms with Gasteiger partial charge in [-0.1, -0.05) is 49.1 Å². The number of pyridine rings is 1. The number of aromatic nitrogens is 1. The van der Waals surface area contributed by atoms with E-state index >= 15 is 0 Å². The number of carbonyl (C=O) groups is 1. The summed E-state index contributed by atoms with van der Waals surface area (Å²) in [5, 5.41) is 13.2. The van der Waals surface area contributed by atoms with Gasteiger partial charge in [-0.15, -0.1) is 0 Å². The number of nitrogens with zero attached hydrogens (tertiary/aromatic N) is 1. The van der Waals surface area contributed by atoms with Crippen LogP contribution in [0, 0.1) is 6.92 Å². The average Bonchev–Trinajstić information content (AvgIpc) is 2.60. The number of rotatable bonds is 5. The first-order chi connectivity index (χ1) is 12.5. The van der Waals surface area contributed by atoms with Gasteiger partial charge in [-0.05, 0) is 37.5 Å². The smallest absolute Gasteiger partial charge is 0.274 e. The van der Waals surface area contributed by atoms with Crippen molar-refractivity contribution in [3.05, 3.63) is 64.1 Å². The van der Waals surface area contributed by atoms with Crippen molar-refractivity contribution in [3.8, 4) is 0 Å². The van der Waals surface area contributed by atoms with Gasteiger partial charge in [-0.25, -0.2) is 0 Å². The molecule has 1 aromatic heterocycles. The van der Waals surface area contributed by atoms with Crippen LogP contribution in [0.4, 0.5) is 5.69 Å². The predicted octanol–water partition coefficient (Wildman–Crippen LogP) is 3.23. The Labute approximate surface area is 153 Å². The number of amides is 1. The normalized spacial score (nSPS) is 16.2. The maximum absolute atomic E-state index is 12.6. The summed E-state index contributed by atoms with van der Waals surface area (Å²) in [6.45, 7) is 2.47. The van der Waals surface area contributed by atoms with E-state index in [0.717, 1.165) is 24.8 Å². The molecule has 26 heavy (non-hydrogen) atoms. The average molecular weight is 354 g/mol. The molecule has 1 amide bonds. The first-order valence-electron chi connectivity index (χ1n) is 9.22. The van der Waals surface area contributed by atoms with Crippen LogP contribution >= 0.6 is 0 Å². The zero-order chi connectivity index (χ0) is 18.6. The third kappa shape index (κ3) is 4.61. The van der Waals surface area contributed by atoms with E-state index in [1.165, 1.54) is 5.56 Å². The van der Waals surface area contributed by atoms with Crippen molar-refractivity contribution in [1.29, 1.82) is 0 Å². The van der Waals surface area contributed by atoms with Gasteiger partial charge in [0.1, 0.15) is 5.69 Å². The maximum Gasteiger partial charge on any atom is 0.274 e. The first-order valence-corrected chi connectivity index (χ1v) is 9.22. The Morgan fingerprint density at radius 1 is 1.15 bits per heavy atom. The van der Waals surface area contributed by atoms with Crippen LogP contribution in [0.15, 0.2) is 47.4 Å². The molecule has 0 radical (unpaired) electrons. The zero-order valence-electron chi connectivity index (χ0n) is 15.2. The summed E-state index contributed by atoms with van der Waals surface area (Å²) in [7, 11) is 0. The van der Waals surface area contributed by atoms with Gasteiger partial charge in [0, 0.05) is 6.20 Å². The number of nitrogens with one attached hydrogen (secondary N) is 1. The van der Waals surface area contributed by atoms with E-state index < -0.39 is 5.60 Å². The summed E-state index contributed by atoms with van der Waals surface area (Å²) >= 11 is 0. The van der Waals surface area contributed by atoms with E-state index in [0.29, 0.717) is 19.4 Å². The van der Waals surface area contributed by atoms with E-state index in [4.69, 9.17) is 0 Å². The fourth-order valence-corrected chi connectivity index (χ4v) is 3.53. The van der Waals surface area contributed by atoms with Crippen LogP contribution in [0.5, 0.6) is 0 Å². The molecule has 2 N–H and O–H groups in total. The van der Waals surface area contributed by atoms with Gasteiger partial charge in [-0.2, -0.15) is 0 Å². The fourth-order valence-electron chi connectivity index (χ4n) is 3.53. The minimum absolute atomic E-state index is 0.0410. The van der Waals surface area contributed by atoms with E-state index in [2.05, 4.69) is 5.32 Å². The van der Waals surface area contributed by atoms with Gasteiger partial charge in [0.2, 0.25) is 5.91 Å². The summed E-state index contributed by atoms with van der Waals surface area (Å²) in [6, 6.07) is 11.4. The molecule has 0 unspecified atom stereocenters. The number of aliphatic hydroxyl groups is 1. The third-order valence-corrected chi connectivity index (χ3v) is 5.04. The van der Waals surface area contributed by atoms with Crippen LogP contribution in [-0.2, 0) is 11.3 Å². The summed E-state index contributed by atoms with van der Waals surface area (Å²) in [5.41, 5.74) is 1.28. The Hall–Kier alpha value is -2.40. The summed E-state index contributed by atoms with van der Waals surface area (Å²) in [4.78, 5) is 25.0. The Bertz CT molecular complexity index is 818. The number of carbonyl (C=O) groups excluding carboxylic acids is 1. The molecule has 5 heteroatoms. The maximum atomic E-state index is 12.6. The Morgan fingerprint density at radius 3 is 2.54 bits per heavy atom. The standard InChI is InChI=1S/C21H26N2O3/c1-16-7-9-17(10-8-16)15-23-13-5-6-18(20(23)25)22-19(24)14-21(26)11-3-2-4-12-21/h5-10,13,26H,2-4,11-12,14-15H2,1H3,(H,22,24). The van der Waals surface area contributed by atoms with Crippen molar-refractivity contribution in [3.63, 3.8) is 0 Å². The van der Waals surface area contributed by atoms with Crippen molar-refractivity contribution in [2.45, 2.75) is 57.6 Å². The van der Waals surface area contributed by atoms with Crippen molar-refractivity contribution < 1.29 is 9.90 Å². The Morgan fingerprint density at radius 2 is 1.85 bits per heavy atom. The van der Waals surface area contributed by atoms with Crippen molar-refractivity contribution in [2.75, 3.05) is 5.32 Å². The van der Waals surface area contributed by atoms with Crippen molar-refractivity contribution >= 4 is 11.6 Å². The summed E-state index contributed by atoms with van der Waals surface area (Å²) < 4.78 is 1.58. The summed E-state index contributed by atoms with van der Waals surface area (Å²) in [5.74, 6) is -0.306. The second-order valence-corrected chi connectivity index (χ2v) is 7.35. The van der Waals surface area contributed by atoms with Crippen LogP contribution in [0.3, 0.4) is 0 Å². The van der Waals surface area contributed by atoms with Crippen LogP contribution in [0.2, 0.25) is 0 Å². The number of benzene rings is 1. The lowest BCUT2D eigenvalue weighted by atomic mass is 9.82. The van der Waals surface area contributed by atoms with Gasteiger partial charge in [0.15, 0.2) is 0 Å². The predicted molar refractivity (Wildman–Crippen MR) is 102 cm³/mol. The van der Waals surface area contributed by atoms with Gasteiger partial charge >= 0.3 is 0 Å². The zero-order valence-corrected chi connectivity index (χ0v) is 15.2. The van der Waals surface area contributed by atoms with Gasteiger partial charge in [-0.3, -0.25) is 9.59 Å². The summed E-state index contributed by atoms with van der Waals surface area (Å²) in [6.07, 6.45) is 6.04. The minimum atomic E-state index is -0.933. The molecule has 138 valence electrons. The second kappa shape index (κ2) is 7.87. The molecule has 5 nitrogen and oxygen atoms in total. The molecule has 2 aromatic rings. The Balaban J connectivity index is 1.69. The molecule has 1 heterocycles. The Kier molecular flexibility index (Phi) is 5.57. The molecule has 0 bridgehead atoms. The molecular formula is C21H26N2O3. The molecule has 0 spiro atoms. The highest BCUT2D eigenvalue weighted by Gasteiger charge is 2.31. The van der Waals surface area contributed by atoms with Gasteiger partial charge < -0.3 is 15.0 Å². The lowest BCUT2D eigenvalue weighted by molar-refractivity contribution is -0.122. The number of hydrogen-bond acceptors (Lipinski definition) is 3. The van der Waals surface area contributed by atoms with E-state index in [1.807, 2.05) is 31.2 Å². The van der Waals surface area contributed by atoms with Gasteiger partial charge in [0.25, 0.3) is 5.56 Å². The topological polar surface area (TPSA) is 71.3 Å². The molecule has 1 aliphatic carbocycles. The lowest BCUT2D eigenvalue weighted by Crippen LogP contribution is -2.36. The molecule has 0 aliphatic heterocycles. The van der Waals surface area contributed by atoms with Crippen LogP contribution in [0.25, 0.3) is 0 Å². The highest BCUT2D eigenvalue weighted by Crippen LogP contribution is 2.30. The van der Waals surface area contributed by atoms with Crippen LogP contribution in [-0.4, -0.2) is 21.2 Å². The number of hydrogen-bond donors (Lipinski definition) is 2. The van der Waals surface area contributed by atoms with Crippen molar-refractivity contribution in [2.24, 2.45) is 0 Å². The number of aryl methyl sites for hydroxylation is 1. The van der Waals surface area contributed by atoms with E-state index in [-0.39, 0.29) is 23.6 Å². The molecule has 1 aromatic carbocycles. The van der Waals surface area contributed by atoms with Crippen LogP contribution < -0.4 is 10.9 Å². The first kappa shape index (κ1) is 18.4. The van der Waals surface area contributed by atoms with Crippen LogP contribution in [0.1, 0.15) is 49.7 Å². The third-order valence-electron chi connectivity index (χ3n) is 5.04. The second-order valence-electron chi connectivity index (χ2n) is 7.35. The SMILES string of the molecule is Cc1ccc(Cn2cccc(NC(=O)CC3(O)CCCCC3)c2=O)cc1. The van der Waals surface area contributed by atoms with Crippen molar-refractivity contribution in [1.82, 2.24) is 4.57 Å². The molecular weight excluding hydrogens is 328 g/mol. The van der Waals surface area contributed by atoms with E-state index in [1.54, 1.807) is 22.9 Å². The molecule has 1 saturated carbocycles. The molecule has 0 saturated heterocycles. The highest BCUT2D eigenvalue weighted by atomic mass is 16.3. The lowest BCUT2D eigenvalue weighted by Gasteiger charge is -2.31. The monoisotopic (exact) mass is 354 g/mol.